The average molecular weight is 572 g/mol. The molecule has 1 aliphatic heterocycles. The Hall–Kier alpha value is -1.36. The molecule has 1 aromatic heterocycles. The minimum absolute atomic E-state index is 0. The van der Waals surface area contributed by atoms with Crippen LogP contribution in [-0.4, -0.2) is 74.2 Å². The van der Waals surface area contributed by atoms with E-state index in [2.05, 4.69) is 51.9 Å². The number of anilines is 1. The third kappa shape index (κ3) is 9.25. The number of halogens is 1. The van der Waals surface area contributed by atoms with Gasteiger partial charge in [0.05, 0.1) is 12.6 Å². The molecule has 0 bridgehead atoms. The van der Waals surface area contributed by atoms with Crippen LogP contribution in [0, 0.1) is 0 Å². The Labute approximate surface area is 214 Å². The second kappa shape index (κ2) is 14.0. The smallest absolute Gasteiger partial charge is 0.195 e. The molecule has 0 saturated carbocycles. The van der Waals surface area contributed by atoms with E-state index in [-0.39, 0.29) is 30.1 Å². The van der Waals surface area contributed by atoms with Gasteiger partial charge < -0.3 is 20.3 Å². The van der Waals surface area contributed by atoms with E-state index in [0.29, 0.717) is 6.04 Å². The van der Waals surface area contributed by atoms with Crippen LogP contribution in [0.15, 0.2) is 46.8 Å². The predicted molar refractivity (Wildman–Crippen MR) is 148 cm³/mol. The lowest BCUT2D eigenvalue weighted by atomic mass is 10.2. The first-order chi connectivity index (χ1) is 15.0. The normalized spacial score (nSPS) is 16.5. The monoisotopic (exact) mass is 571 g/mol. The number of ether oxygens (including phenoxy) is 1. The zero-order chi connectivity index (χ0) is 22.1. The highest BCUT2D eigenvalue weighted by Gasteiger charge is 2.18. The van der Waals surface area contributed by atoms with Gasteiger partial charge in [0.1, 0.15) is 5.75 Å². The molecule has 2 heterocycles. The van der Waals surface area contributed by atoms with Crippen molar-refractivity contribution in [1.29, 1.82) is 0 Å². The molecule has 1 fully saturated rings. The third-order valence-electron chi connectivity index (χ3n) is 5.41. The average Bonchev–Trinajstić information content (AvgIpc) is 3.26. The van der Waals surface area contributed by atoms with E-state index >= 15 is 0 Å². The zero-order valence-corrected chi connectivity index (χ0v) is 22.9. The molecule has 178 valence electrons. The van der Waals surface area contributed by atoms with Gasteiger partial charge in [0.2, 0.25) is 0 Å². The molecule has 32 heavy (non-hydrogen) atoms. The highest BCUT2D eigenvalue weighted by molar-refractivity contribution is 14.0. The van der Waals surface area contributed by atoms with Gasteiger partial charge in [0.25, 0.3) is 0 Å². The van der Waals surface area contributed by atoms with E-state index in [1.54, 1.807) is 11.3 Å². The standard InChI is InChI=1S/C24H37N5OS.HI/c1-19(2)30-22-9-7-21(8-10-22)27-24(25-12-11-23-6-5-17-31-23)26-18-20(3)29-15-13-28(4)14-16-29;/h5-10,17,19-20H,11-16,18H2,1-4H3,(H2,25,26,27);1H. The lowest BCUT2D eigenvalue weighted by Crippen LogP contribution is -2.49. The van der Waals surface area contributed by atoms with Gasteiger partial charge in [-0.05, 0) is 70.0 Å². The summed E-state index contributed by atoms with van der Waals surface area (Å²) in [5.74, 6) is 1.71. The Balaban J connectivity index is 0.00000363. The Morgan fingerprint density at radius 1 is 1.09 bits per heavy atom. The molecule has 1 aliphatic rings. The number of aliphatic imine (C=N–C) groups is 1. The van der Waals surface area contributed by atoms with E-state index in [0.717, 1.165) is 63.1 Å². The Bertz CT molecular complexity index is 789. The molecular formula is C24H38IN5OS. The summed E-state index contributed by atoms with van der Waals surface area (Å²) in [6.45, 7) is 12.4. The fraction of sp³-hybridized carbons (Fsp3) is 0.542. The van der Waals surface area contributed by atoms with Crippen molar-refractivity contribution in [2.24, 2.45) is 4.99 Å². The highest BCUT2D eigenvalue weighted by atomic mass is 127. The van der Waals surface area contributed by atoms with Crippen molar-refractivity contribution in [3.8, 4) is 5.75 Å². The fourth-order valence-electron chi connectivity index (χ4n) is 3.53. The molecule has 2 N–H and O–H groups in total. The van der Waals surface area contributed by atoms with Crippen molar-refractivity contribution in [2.75, 3.05) is 51.6 Å². The van der Waals surface area contributed by atoms with Crippen LogP contribution in [0.4, 0.5) is 5.69 Å². The Morgan fingerprint density at radius 3 is 2.44 bits per heavy atom. The molecule has 2 aromatic rings. The molecule has 1 saturated heterocycles. The van der Waals surface area contributed by atoms with Crippen LogP contribution >= 0.6 is 35.3 Å². The summed E-state index contributed by atoms with van der Waals surface area (Å²) >= 11 is 1.80. The van der Waals surface area contributed by atoms with Gasteiger partial charge in [-0.15, -0.1) is 35.3 Å². The summed E-state index contributed by atoms with van der Waals surface area (Å²) in [6, 6.07) is 12.8. The first-order valence-electron chi connectivity index (χ1n) is 11.3. The highest BCUT2D eigenvalue weighted by Crippen LogP contribution is 2.17. The van der Waals surface area contributed by atoms with Crippen LogP contribution in [-0.2, 0) is 6.42 Å². The van der Waals surface area contributed by atoms with Gasteiger partial charge in [-0.3, -0.25) is 9.89 Å². The Kier molecular flexibility index (Phi) is 11.8. The molecule has 0 spiro atoms. The number of thiophene rings is 1. The van der Waals surface area contributed by atoms with Crippen LogP contribution in [0.25, 0.3) is 0 Å². The summed E-state index contributed by atoms with van der Waals surface area (Å²) in [4.78, 5) is 11.2. The van der Waals surface area contributed by atoms with E-state index in [1.165, 1.54) is 4.88 Å². The zero-order valence-electron chi connectivity index (χ0n) is 19.7. The van der Waals surface area contributed by atoms with Gasteiger partial charge in [-0.2, -0.15) is 0 Å². The molecule has 0 radical (unpaired) electrons. The van der Waals surface area contributed by atoms with Crippen molar-refractivity contribution in [3.63, 3.8) is 0 Å². The SMILES string of the molecule is CC(C)Oc1ccc(NC(=NCC(C)N2CCN(C)CC2)NCCc2cccs2)cc1.I. The molecule has 3 rings (SSSR count). The molecule has 0 amide bonds. The van der Waals surface area contributed by atoms with Crippen molar-refractivity contribution in [2.45, 2.75) is 39.3 Å². The van der Waals surface area contributed by atoms with E-state index in [4.69, 9.17) is 9.73 Å². The quantitative estimate of drug-likeness (QED) is 0.266. The molecule has 8 heteroatoms. The molecule has 1 aromatic carbocycles. The fourth-order valence-corrected chi connectivity index (χ4v) is 4.23. The second-order valence-electron chi connectivity index (χ2n) is 8.45. The van der Waals surface area contributed by atoms with Crippen molar-refractivity contribution in [3.05, 3.63) is 46.7 Å². The summed E-state index contributed by atoms with van der Waals surface area (Å²) in [5.41, 5.74) is 1.01. The lowest BCUT2D eigenvalue weighted by molar-refractivity contribution is 0.122. The van der Waals surface area contributed by atoms with Crippen LogP contribution in [0.3, 0.4) is 0 Å². The minimum atomic E-state index is 0. The molecule has 6 nitrogen and oxygen atoms in total. The summed E-state index contributed by atoms with van der Waals surface area (Å²) in [7, 11) is 2.19. The number of benzene rings is 1. The van der Waals surface area contributed by atoms with Crippen molar-refractivity contribution >= 4 is 47.0 Å². The lowest BCUT2D eigenvalue weighted by Gasteiger charge is -2.35. The van der Waals surface area contributed by atoms with E-state index in [9.17, 15) is 0 Å². The summed E-state index contributed by atoms with van der Waals surface area (Å²) in [5, 5.41) is 9.10. The molecule has 1 unspecified atom stereocenters. The molecule has 0 aliphatic carbocycles. The minimum Gasteiger partial charge on any atom is -0.491 e. The van der Waals surface area contributed by atoms with Crippen molar-refractivity contribution in [1.82, 2.24) is 15.1 Å². The van der Waals surface area contributed by atoms with Gasteiger partial charge in [-0.25, -0.2) is 0 Å². The van der Waals surface area contributed by atoms with Crippen molar-refractivity contribution < 1.29 is 4.74 Å². The second-order valence-corrected chi connectivity index (χ2v) is 9.48. The summed E-state index contributed by atoms with van der Waals surface area (Å²) < 4.78 is 5.75. The predicted octanol–water partition coefficient (Wildman–Crippen LogP) is 4.39. The maximum absolute atomic E-state index is 5.75. The van der Waals surface area contributed by atoms with Gasteiger partial charge in [0.15, 0.2) is 5.96 Å². The van der Waals surface area contributed by atoms with Gasteiger partial charge in [0, 0.05) is 49.3 Å². The van der Waals surface area contributed by atoms with Gasteiger partial charge >= 0.3 is 0 Å². The largest absolute Gasteiger partial charge is 0.491 e. The topological polar surface area (TPSA) is 52.1 Å². The number of likely N-dealkylation sites (N-methyl/N-ethyl adjacent to an activating group) is 1. The maximum Gasteiger partial charge on any atom is 0.195 e. The number of hydrogen-bond donors (Lipinski definition) is 2. The van der Waals surface area contributed by atoms with E-state index in [1.807, 2.05) is 38.1 Å². The number of nitrogens with zero attached hydrogens (tertiary/aromatic N) is 3. The van der Waals surface area contributed by atoms with E-state index < -0.39 is 0 Å². The molecular weight excluding hydrogens is 533 g/mol. The molecule has 1 atom stereocenters. The third-order valence-corrected chi connectivity index (χ3v) is 6.34. The number of nitrogens with one attached hydrogen (secondary N) is 2. The maximum atomic E-state index is 5.75. The van der Waals surface area contributed by atoms with Gasteiger partial charge in [-0.1, -0.05) is 6.07 Å². The number of piperazine rings is 1. The van der Waals surface area contributed by atoms with Crippen LogP contribution in [0.2, 0.25) is 0 Å². The first-order valence-corrected chi connectivity index (χ1v) is 12.1. The number of hydrogen-bond acceptors (Lipinski definition) is 5. The number of guanidine groups is 1. The van der Waals surface area contributed by atoms with Crippen LogP contribution < -0.4 is 15.4 Å². The van der Waals surface area contributed by atoms with Crippen LogP contribution in [0.5, 0.6) is 5.75 Å². The summed E-state index contributed by atoms with van der Waals surface area (Å²) in [6.07, 6.45) is 1.17. The first kappa shape index (κ1) is 26.9. The number of rotatable bonds is 9. The van der Waals surface area contributed by atoms with Crippen LogP contribution in [0.1, 0.15) is 25.6 Å². The Morgan fingerprint density at radius 2 is 1.81 bits per heavy atom.